The number of ether oxygens (including phenoxy) is 1. The Morgan fingerprint density at radius 2 is 1.94 bits per heavy atom. The third-order valence-electron chi connectivity index (χ3n) is 4.25. The number of phosphoric acid groups is 2. The van der Waals surface area contributed by atoms with Crippen molar-refractivity contribution < 1.29 is 57.1 Å². The van der Waals surface area contributed by atoms with Gasteiger partial charge in [0.15, 0.2) is 23.8 Å². The van der Waals surface area contributed by atoms with Gasteiger partial charge in [-0.1, -0.05) is 0 Å². The van der Waals surface area contributed by atoms with Crippen LogP contribution in [0.5, 0.6) is 0 Å². The maximum atomic E-state index is 12.0. The van der Waals surface area contributed by atoms with Crippen molar-refractivity contribution in [2.45, 2.75) is 37.6 Å². The van der Waals surface area contributed by atoms with Crippen LogP contribution >= 0.6 is 15.6 Å². The summed E-state index contributed by atoms with van der Waals surface area (Å²) >= 11 is 0. The number of aliphatic hydroxyl groups excluding tert-OH is 2. The maximum absolute atomic E-state index is 12.0. The van der Waals surface area contributed by atoms with Gasteiger partial charge in [0.1, 0.15) is 30.2 Å². The molecule has 32 heavy (non-hydrogen) atoms. The van der Waals surface area contributed by atoms with Crippen LogP contribution in [0.2, 0.25) is 0 Å². The molecule has 0 amide bonds. The summed E-state index contributed by atoms with van der Waals surface area (Å²) in [6.07, 6.45) is -5.28. The van der Waals surface area contributed by atoms with Gasteiger partial charge >= 0.3 is 21.6 Å². The lowest BCUT2D eigenvalue weighted by molar-refractivity contribution is -0.145. The number of carboxylic acid groups (broad SMARTS) is 1. The number of aliphatic hydroxyl groups is 2. The smallest absolute Gasteiger partial charge is 0.479 e. The molecule has 1 saturated heterocycles. The molecule has 3 rings (SSSR count). The fraction of sp³-hybridized carbons (Fsp3) is 0.538. The van der Waals surface area contributed by atoms with Crippen molar-refractivity contribution in [3.8, 4) is 0 Å². The van der Waals surface area contributed by atoms with E-state index in [0.717, 1.165) is 13.3 Å². The minimum atomic E-state index is -5.31. The Morgan fingerprint density at radius 3 is 2.59 bits per heavy atom. The minimum Gasteiger partial charge on any atom is -0.479 e. The minimum absolute atomic E-state index is 0.0629. The number of nitrogen functional groups attached to an aromatic ring is 1. The lowest BCUT2D eigenvalue weighted by atomic mass is 10.1. The van der Waals surface area contributed by atoms with E-state index in [1.54, 1.807) is 0 Å². The summed E-state index contributed by atoms with van der Waals surface area (Å²) in [5.41, 5.74) is 6.08. The number of hydrogen-bond donors (Lipinski definition) is 6. The van der Waals surface area contributed by atoms with Crippen LogP contribution in [0.3, 0.4) is 0 Å². The van der Waals surface area contributed by atoms with E-state index in [2.05, 4.69) is 28.3 Å². The number of carboxylic acids is 1. The fourth-order valence-electron chi connectivity index (χ4n) is 2.74. The number of anilines is 1. The van der Waals surface area contributed by atoms with Crippen LogP contribution in [0.4, 0.5) is 5.82 Å². The number of phosphoric ester groups is 2. The molecule has 2 aromatic heterocycles. The van der Waals surface area contributed by atoms with E-state index < -0.39 is 58.9 Å². The molecular formula is C13H19N5O12P2. The lowest BCUT2D eigenvalue weighted by Gasteiger charge is -2.20. The highest BCUT2D eigenvalue weighted by atomic mass is 31.3. The van der Waals surface area contributed by atoms with Crippen molar-refractivity contribution >= 4 is 38.6 Å². The van der Waals surface area contributed by atoms with Crippen molar-refractivity contribution in [2.24, 2.45) is 0 Å². The Hall–Kier alpha value is -2.04. The van der Waals surface area contributed by atoms with Crippen LogP contribution in [0.25, 0.3) is 11.2 Å². The second-order valence-electron chi connectivity index (χ2n) is 6.53. The number of carbonyl (C=O) groups is 1. The maximum Gasteiger partial charge on any atom is 0.481 e. The first-order valence-electron chi connectivity index (χ1n) is 8.68. The van der Waals surface area contributed by atoms with Gasteiger partial charge in [-0.3, -0.25) is 13.6 Å². The van der Waals surface area contributed by atoms with E-state index in [4.69, 9.17) is 15.6 Å². The summed E-state index contributed by atoms with van der Waals surface area (Å²) in [4.78, 5) is 41.5. The molecule has 17 nitrogen and oxygen atoms in total. The molecule has 7 atom stereocenters. The SMILES string of the molecule is CC(OP(=O)(O)OP(=O)(O)OC[C@H]1O[C@@H](n2cnc3c(N)ncnc32)[C@H](O)[C@@H]1O)C(=O)O. The van der Waals surface area contributed by atoms with Gasteiger partial charge in [0.05, 0.1) is 12.9 Å². The van der Waals surface area contributed by atoms with Crippen molar-refractivity contribution in [2.75, 3.05) is 12.3 Å². The van der Waals surface area contributed by atoms with Gasteiger partial charge in [0.25, 0.3) is 0 Å². The molecule has 3 heterocycles. The summed E-state index contributed by atoms with van der Waals surface area (Å²) in [5, 5.41) is 29.2. The van der Waals surface area contributed by atoms with Crippen molar-refractivity contribution in [1.82, 2.24) is 19.5 Å². The number of aromatic nitrogens is 4. The van der Waals surface area contributed by atoms with Gasteiger partial charge in [-0.2, -0.15) is 4.31 Å². The molecule has 1 aliphatic heterocycles. The average molecular weight is 499 g/mol. The van der Waals surface area contributed by atoms with Gasteiger partial charge in [-0.05, 0) is 6.92 Å². The summed E-state index contributed by atoms with van der Waals surface area (Å²) in [5.74, 6) is -1.56. The van der Waals surface area contributed by atoms with E-state index in [1.165, 1.54) is 10.9 Å². The number of rotatable bonds is 9. The summed E-state index contributed by atoms with van der Waals surface area (Å²) in [7, 11) is -10.6. The zero-order valence-electron chi connectivity index (χ0n) is 16.1. The Bertz CT molecular complexity index is 1100. The monoisotopic (exact) mass is 499 g/mol. The molecule has 0 saturated carbocycles. The normalized spacial score (nSPS) is 28.3. The molecule has 1 fully saturated rings. The van der Waals surface area contributed by atoms with E-state index in [1.807, 2.05) is 0 Å². The Balaban J connectivity index is 1.66. The van der Waals surface area contributed by atoms with Crippen LogP contribution in [0.1, 0.15) is 13.2 Å². The first kappa shape index (κ1) is 24.6. The molecule has 7 N–H and O–H groups in total. The predicted molar refractivity (Wildman–Crippen MR) is 101 cm³/mol. The van der Waals surface area contributed by atoms with Crippen LogP contribution in [-0.2, 0) is 32.0 Å². The lowest BCUT2D eigenvalue weighted by Crippen LogP contribution is -2.33. The molecular weight excluding hydrogens is 480 g/mol. The summed E-state index contributed by atoms with van der Waals surface area (Å²) in [6.45, 7) is 0.0149. The number of imidazole rings is 1. The first-order chi connectivity index (χ1) is 14.8. The van der Waals surface area contributed by atoms with Crippen LogP contribution in [0.15, 0.2) is 12.7 Å². The van der Waals surface area contributed by atoms with Gasteiger partial charge in [-0.25, -0.2) is 28.9 Å². The molecule has 0 bridgehead atoms. The first-order valence-corrected chi connectivity index (χ1v) is 11.7. The Morgan fingerprint density at radius 1 is 1.25 bits per heavy atom. The highest BCUT2D eigenvalue weighted by Crippen LogP contribution is 2.61. The standard InChI is InChI=1S/C13H19N5O12P2/c1-5(13(21)22)29-32(25,26)30-31(23,24)27-2-6-8(19)9(20)12(28-6)18-4-17-7-10(14)15-3-16-11(7)18/h3-6,8-9,12,19-20H,2H2,1H3,(H,21,22)(H,23,24)(H,25,26)(H2,14,15,16)/t5?,6-,8-,9-,12-/m1/s1. The Kier molecular flexibility index (Phi) is 6.97. The third-order valence-corrected chi connectivity index (χ3v) is 6.95. The molecule has 178 valence electrons. The molecule has 19 heteroatoms. The zero-order chi connectivity index (χ0) is 23.8. The highest BCUT2D eigenvalue weighted by Gasteiger charge is 2.46. The van der Waals surface area contributed by atoms with Crippen LogP contribution in [0, 0.1) is 0 Å². The molecule has 0 aromatic carbocycles. The third kappa shape index (κ3) is 5.29. The number of fused-ring (bicyclic) bond motifs is 1. The van der Waals surface area contributed by atoms with E-state index >= 15 is 0 Å². The van der Waals surface area contributed by atoms with Crippen molar-refractivity contribution in [3.05, 3.63) is 12.7 Å². The van der Waals surface area contributed by atoms with Crippen LogP contribution < -0.4 is 5.73 Å². The Labute approximate surface area is 178 Å². The van der Waals surface area contributed by atoms with E-state index in [0.29, 0.717) is 0 Å². The number of nitrogens with zero attached hydrogens (tertiary/aromatic N) is 4. The predicted octanol–water partition coefficient (Wildman–Crippen LogP) is -1.25. The van der Waals surface area contributed by atoms with Gasteiger partial charge in [0, 0.05) is 0 Å². The van der Waals surface area contributed by atoms with E-state index in [9.17, 15) is 33.9 Å². The van der Waals surface area contributed by atoms with Gasteiger partial charge in [-0.15, -0.1) is 0 Å². The summed E-state index contributed by atoms with van der Waals surface area (Å²) in [6, 6.07) is 0. The second-order valence-corrected chi connectivity index (χ2v) is 9.53. The van der Waals surface area contributed by atoms with Crippen molar-refractivity contribution in [3.63, 3.8) is 0 Å². The number of nitrogens with two attached hydrogens (primary N) is 1. The van der Waals surface area contributed by atoms with Crippen LogP contribution in [-0.4, -0.2) is 81.6 Å². The number of aliphatic carboxylic acids is 1. The quantitative estimate of drug-likeness (QED) is 0.220. The molecule has 0 spiro atoms. The van der Waals surface area contributed by atoms with Gasteiger partial charge < -0.3 is 35.6 Å². The largest absolute Gasteiger partial charge is 0.481 e. The van der Waals surface area contributed by atoms with Crippen molar-refractivity contribution in [1.29, 1.82) is 0 Å². The van der Waals surface area contributed by atoms with E-state index in [-0.39, 0.29) is 17.0 Å². The topological polar surface area (TPSA) is 259 Å². The molecule has 2 aromatic rings. The zero-order valence-corrected chi connectivity index (χ0v) is 17.9. The number of hydrogen-bond acceptors (Lipinski definition) is 13. The molecule has 0 aliphatic carbocycles. The molecule has 0 radical (unpaired) electrons. The molecule has 1 aliphatic rings. The highest BCUT2D eigenvalue weighted by molar-refractivity contribution is 7.61. The molecule has 3 unspecified atom stereocenters. The van der Waals surface area contributed by atoms with Gasteiger partial charge in [0.2, 0.25) is 0 Å². The summed E-state index contributed by atoms with van der Waals surface area (Å²) < 4.78 is 43.1. The fourth-order valence-corrected chi connectivity index (χ4v) is 4.95. The second kappa shape index (κ2) is 9.07. The average Bonchev–Trinajstić information content (AvgIpc) is 3.22.